The lowest BCUT2D eigenvalue weighted by atomic mass is 10.0. The maximum absolute atomic E-state index is 12.8. The molecule has 31 heavy (non-hydrogen) atoms. The molecule has 0 spiro atoms. The molecule has 2 heterocycles. The highest BCUT2D eigenvalue weighted by atomic mass is 16.3. The number of nitrogens with one attached hydrogen (secondary N) is 3. The third-order valence-corrected chi connectivity index (χ3v) is 5.02. The zero-order valence-electron chi connectivity index (χ0n) is 18.0. The fourth-order valence-corrected chi connectivity index (χ4v) is 3.62. The minimum absolute atomic E-state index is 0.0514. The predicted octanol–water partition coefficient (Wildman–Crippen LogP) is 3.93. The Labute approximate surface area is 181 Å². The van der Waals surface area contributed by atoms with Crippen LogP contribution in [0.5, 0.6) is 0 Å². The zero-order valence-corrected chi connectivity index (χ0v) is 18.0. The minimum Gasteiger partial charge on any atom is -0.467 e. The van der Waals surface area contributed by atoms with Gasteiger partial charge < -0.3 is 20.0 Å². The molecule has 0 fully saturated rings. The van der Waals surface area contributed by atoms with Crippen molar-refractivity contribution in [1.82, 2.24) is 15.6 Å². The van der Waals surface area contributed by atoms with Gasteiger partial charge in [-0.05, 0) is 55.7 Å². The first-order chi connectivity index (χ1) is 14.9. The number of hydrogen-bond acceptors (Lipinski definition) is 4. The summed E-state index contributed by atoms with van der Waals surface area (Å²) in [6.07, 6.45) is 3.03. The average Bonchev–Trinajstić information content (AvgIpc) is 3.38. The summed E-state index contributed by atoms with van der Waals surface area (Å²) in [6, 6.07) is 10.6. The van der Waals surface area contributed by atoms with Gasteiger partial charge in [-0.1, -0.05) is 25.5 Å². The van der Waals surface area contributed by atoms with Crippen molar-refractivity contribution < 1.29 is 18.8 Å². The zero-order chi connectivity index (χ0) is 22.4. The number of aryl methyl sites for hydroxylation is 1. The second kappa shape index (κ2) is 9.93. The van der Waals surface area contributed by atoms with Crippen molar-refractivity contribution in [1.29, 1.82) is 0 Å². The van der Waals surface area contributed by atoms with Gasteiger partial charge >= 0.3 is 0 Å². The molecular weight excluding hydrogens is 394 g/mol. The van der Waals surface area contributed by atoms with Gasteiger partial charge in [-0.25, -0.2) is 0 Å². The van der Waals surface area contributed by atoms with Crippen LogP contribution in [0.15, 0.2) is 47.1 Å². The van der Waals surface area contributed by atoms with Gasteiger partial charge in [-0.2, -0.15) is 0 Å². The van der Waals surface area contributed by atoms with Crippen LogP contribution in [0.2, 0.25) is 0 Å². The highest BCUT2D eigenvalue weighted by molar-refractivity contribution is 6.02. The van der Waals surface area contributed by atoms with Crippen LogP contribution in [-0.2, 0) is 19.5 Å². The monoisotopic (exact) mass is 421 g/mol. The van der Waals surface area contributed by atoms with E-state index in [9.17, 15) is 14.4 Å². The number of rotatable bonds is 9. The van der Waals surface area contributed by atoms with Gasteiger partial charge in [-0.3, -0.25) is 14.4 Å². The molecule has 3 aromatic rings. The van der Waals surface area contributed by atoms with E-state index in [1.54, 1.807) is 43.5 Å². The lowest BCUT2D eigenvalue weighted by molar-refractivity contribution is 0.0941. The summed E-state index contributed by atoms with van der Waals surface area (Å²) in [5.41, 5.74) is 3.79. The molecule has 7 nitrogen and oxygen atoms in total. The van der Waals surface area contributed by atoms with Crippen LogP contribution >= 0.6 is 0 Å². The second-order valence-electron chi connectivity index (χ2n) is 7.43. The van der Waals surface area contributed by atoms with Crippen LogP contribution in [0.3, 0.4) is 0 Å². The number of aromatic amines is 1. The van der Waals surface area contributed by atoms with Gasteiger partial charge in [0.25, 0.3) is 11.8 Å². The molecule has 3 N–H and O–H groups in total. The molecular formula is C24H27N3O4. The molecule has 3 rings (SSSR count). The van der Waals surface area contributed by atoms with E-state index in [0.29, 0.717) is 41.2 Å². The highest BCUT2D eigenvalue weighted by Crippen LogP contribution is 2.21. The molecule has 7 heteroatoms. The number of carbonyl (C=O) groups is 3. The van der Waals surface area contributed by atoms with Gasteiger partial charge in [0.1, 0.15) is 11.5 Å². The molecule has 0 aliphatic carbocycles. The number of carbonyl (C=O) groups excluding carboxylic acids is 3. The van der Waals surface area contributed by atoms with Gasteiger partial charge in [0.05, 0.1) is 12.8 Å². The van der Waals surface area contributed by atoms with Crippen LogP contribution < -0.4 is 10.6 Å². The average molecular weight is 421 g/mol. The molecule has 2 amide bonds. The van der Waals surface area contributed by atoms with E-state index >= 15 is 0 Å². The Morgan fingerprint density at radius 1 is 1.03 bits per heavy atom. The second-order valence-corrected chi connectivity index (χ2v) is 7.43. The van der Waals surface area contributed by atoms with E-state index in [2.05, 4.69) is 15.6 Å². The van der Waals surface area contributed by atoms with E-state index < -0.39 is 0 Å². The van der Waals surface area contributed by atoms with E-state index in [1.807, 2.05) is 13.0 Å². The number of Topliss-reactive ketones (excluding diaryl/α,β-unsaturated/α-hetero) is 1. The van der Waals surface area contributed by atoms with Crippen molar-refractivity contribution in [2.45, 2.75) is 46.7 Å². The van der Waals surface area contributed by atoms with E-state index in [1.165, 1.54) is 6.92 Å². The molecule has 0 aliphatic rings. The highest BCUT2D eigenvalue weighted by Gasteiger charge is 2.22. The Balaban J connectivity index is 1.67. The Hall–Kier alpha value is -3.61. The maximum Gasteiger partial charge on any atom is 0.268 e. The number of amides is 2. The van der Waals surface area contributed by atoms with Crippen molar-refractivity contribution >= 4 is 17.6 Å². The third-order valence-electron chi connectivity index (χ3n) is 5.02. The van der Waals surface area contributed by atoms with Crippen molar-refractivity contribution in [2.24, 2.45) is 0 Å². The predicted molar refractivity (Wildman–Crippen MR) is 117 cm³/mol. The fraction of sp³-hybridized carbons (Fsp3) is 0.292. The summed E-state index contributed by atoms with van der Waals surface area (Å²) in [4.78, 5) is 40.3. The first-order valence-electron chi connectivity index (χ1n) is 10.3. The van der Waals surface area contributed by atoms with Crippen molar-refractivity contribution in [3.05, 3.63) is 82.1 Å². The quantitative estimate of drug-likeness (QED) is 0.455. The summed E-state index contributed by atoms with van der Waals surface area (Å²) >= 11 is 0. The molecule has 0 atom stereocenters. The fourth-order valence-electron chi connectivity index (χ4n) is 3.62. The molecule has 0 saturated heterocycles. The number of hydrogen-bond donors (Lipinski definition) is 3. The van der Waals surface area contributed by atoms with E-state index in [0.717, 1.165) is 17.5 Å². The van der Waals surface area contributed by atoms with Crippen LogP contribution in [0.4, 0.5) is 0 Å². The Morgan fingerprint density at radius 2 is 1.81 bits per heavy atom. The Bertz CT molecular complexity index is 1080. The van der Waals surface area contributed by atoms with Gasteiger partial charge in [0, 0.05) is 23.4 Å². The summed E-state index contributed by atoms with van der Waals surface area (Å²) in [5, 5.41) is 5.69. The molecule has 0 aliphatic heterocycles. The molecule has 0 unspecified atom stereocenters. The molecule has 0 bridgehead atoms. The molecule has 0 saturated carbocycles. The summed E-state index contributed by atoms with van der Waals surface area (Å²) in [7, 11) is 0. The third kappa shape index (κ3) is 5.31. The number of benzene rings is 1. The first-order valence-corrected chi connectivity index (χ1v) is 10.3. The number of furan rings is 1. The number of ketones is 1. The molecule has 2 aromatic heterocycles. The van der Waals surface area contributed by atoms with Crippen LogP contribution in [0.1, 0.15) is 74.1 Å². The Kier molecular flexibility index (Phi) is 7.07. The van der Waals surface area contributed by atoms with E-state index in [4.69, 9.17) is 4.42 Å². The Morgan fingerprint density at radius 3 is 2.48 bits per heavy atom. The maximum atomic E-state index is 12.8. The van der Waals surface area contributed by atoms with Crippen LogP contribution in [-0.4, -0.2) is 22.6 Å². The standard InChI is InChI=1S/C24H27N3O4/c1-4-7-20-21(16(3)28)15(2)27-22(20)24(30)25-13-17-8-5-9-18(12-17)23(29)26-14-19-10-6-11-31-19/h5-6,8-12,27H,4,7,13-14H2,1-3H3,(H,25,30)(H,26,29). The molecule has 162 valence electrons. The number of aromatic nitrogens is 1. The summed E-state index contributed by atoms with van der Waals surface area (Å²) in [5.74, 6) is 0.128. The largest absolute Gasteiger partial charge is 0.467 e. The van der Waals surface area contributed by atoms with Gasteiger partial charge in [0.15, 0.2) is 5.78 Å². The molecule has 1 aromatic carbocycles. The van der Waals surface area contributed by atoms with Crippen molar-refractivity contribution in [3.8, 4) is 0 Å². The smallest absolute Gasteiger partial charge is 0.268 e. The topological polar surface area (TPSA) is 104 Å². The summed E-state index contributed by atoms with van der Waals surface area (Å²) < 4.78 is 5.22. The molecule has 0 radical (unpaired) electrons. The minimum atomic E-state index is -0.272. The van der Waals surface area contributed by atoms with Gasteiger partial charge in [-0.15, -0.1) is 0 Å². The number of H-pyrrole nitrogens is 1. The lowest BCUT2D eigenvalue weighted by Crippen LogP contribution is -2.25. The first kappa shape index (κ1) is 22.1. The lowest BCUT2D eigenvalue weighted by Gasteiger charge is -2.09. The summed E-state index contributed by atoms with van der Waals surface area (Å²) in [6.45, 7) is 5.89. The van der Waals surface area contributed by atoms with Gasteiger partial charge in [0.2, 0.25) is 0 Å². The SMILES string of the molecule is CCCc1c(C(=O)NCc2cccc(C(=O)NCc3ccco3)c2)[nH]c(C)c1C(C)=O. The van der Waals surface area contributed by atoms with Crippen LogP contribution in [0.25, 0.3) is 0 Å². The van der Waals surface area contributed by atoms with Crippen molar-refractivity contribution in [2.75, 3.05) is 0 Å². The normalized spacial score (nSPS) is 10.7. The van der Waals surface area contributed by atoms with Crippen LogP contribution in [0, 0.1) is 6.92 Å². The van der Waals surface area contributed by atoms with E-state index in [-0.39, 0.29) is 24.1 Å². The van der Waals surface area contributed by atoms with Crippen molar-refractivity contribution in [3.63, 3.8) is 0 Å².